The van der Waals surface area contributed by atoms with Gasteiger partial charge in [-0.1, -0.05) is 36.7 Å². The molecule has 2 aromatic heterocycles. The van der Waals surface area contributed by atoms with Crippen LogP contribution in [0.4, 0.5) is 11.5 Å². The molecular weight excluding hydrogens is 346 g/mol. The molecule has 6 heteroatoms. The summed E-state index contributed by atoms with van der Waals surface area (Å²) in [6, 6.07) is 16.2. The Morgan fingerprint density at radius 3 is 2.54 bits per heavy atom. The van der Waals surface area contributed by atoms with Crippen LogP contribution in [-0.4, -0.2) is 25.6 Å². The van der Waals surface area contributed by atoms with Gasteiger partial charge in [-0.2, -0.15) is 0 Å². The Balaban J connectivity index is 2.08. The zero-order valence-electron chi connectivity index (χ0n) is 15.0. The fraction of sp³-hybridized carbons (Fsp3) is 0.250. The van der Waals surface area contributed by atoms with Crippen molar-refractivity contribution in [3.8, 4) is 0 Å². The Bertz CT molecular complexity index is 1070. The minimum absolute atomic E-state index is 0.209. The number of aromatic nitrogens is 4. The van der Waals surface area contributed by atoms with Crippen LogP contribution >= 0.6 is 11.6 Å². The van der Waals surface area contributed by atoms with Crippen LogP contribution in [0, 0.1) is 0 Å². The zero-order chi connectivity index (χ0) is 18.3. The second-order valence-electron chi connectivity index (χ2n) is 6.50. The standard InChI is InChI=1S/C20H20ClN5/c1-4-18-23-24-20-19(25(13(2)3)15-8-6-5-7-9-15)22-16-11-10-14(21)12-17(16)26(18)20/h5-13H,4H2,1-3H3. The van der Waals surface area contributed by atoms with Crippen molar-refractivity contribution in [2.24, 2.45) is 0 Å². The first-order chi connectivity index (χ1) is 12.6. The van der Waals surface area contributed by atoms with E-state index in [0.717, 1.165) is 40.4 Å². The van der Waals surface area contributed by atoms with Crippen molar-refractivity contribution in [2.75, 3.05) is 4.90 Å². The van der Waals surface area contributed by atoms with Gasteiger partial charge in [0, 0.05) is 23.2 Å². The lowest BCUT2D eigenvalue weighted by molar-refractivity contribution is 0.778. The highest BCUT2D eigenvalue weighted by Crippen LogP contribution is 2.32. The minimum Gasteiger partial charge on any atom is -0.321 e. The monoisotopic (exact) mass is 365 g/mol. The lowest BCUT2D eigenvalue weighted by Gasteiger charge is -2.28. The highest BCUT2D eigenvalue weighted by Gasteiger charge is 2.22. The second kappa shape index (κ2) is 6.57. The fourth-order valence-electron chi connectivity index (χ4n) is 3.29. The maximum atomic E-state index is 6.24. The van der Waals surface area contributed by atoms with Crippen molar-refractivity contribution in [1.82, 2.24) is 19.6 Å². The zero-order valence-corrected chi connectivity index (χ0v) is 15.8. The van der Waals surface area contributed by atoms with E-state index in [0.29, 0.717) is 5.02 Å². The Kier molecular flexibility index (Phi) is 4.24. The molecule has 0 aliphatic rings. The first-order valence-corrected chi connectivity index (χ1v) is 9.15. The maximum Gasteiger partial charge on any atom is 0.204 e. The third-order valence-corrected chi connectivity index (χ3v) is 4.67. The number of hydrogen-bond acceptors (Lipinski definition) is 4. The van der Waals surface area contributed by atoms with Gasteiger partial charge < -0.3 is 4.90 Å². The molecule has 5 nitrogen and oxygen atoms in total. The van der Waals surface area contributed by atoms with Gasteiger partial charge in [0.05, 0.1) is 11.0 Å². The van der Waals surface area contributed by atoms with E-state index >= 15 is 0 Å². The number of aryl methyl sites for hydroxylation is 1. The molecule has 0 amide bonds. The van der Waals surface area contributed by atoms with E-state index < -0.39 is 0 Å². The van der Waals surface area contributed by atoms with Crippen LogP contribution in [-0.2, 0) is 6.42 Å². The predicted octanol–water partition coefficient (Wildman–Crippen LogP) is 5.04. The van der Waals surface area contributed by atoms with Crippen LogP contribution in [0.25, 0.3) is 16.7 Å². The number of benzene rings is 2. The Morgan fingerprint density at radius 1 is 1.08 bits per heavy atom. The Hall–Kier alpha value is -2.66. The molecule has 4 aromatic rings. The predicted molar refractivity (Wildman–Crippen MR) is 106 cm³/mol. The van der Waals surface area contributed by atoms with Gasteiger partial charge in [0.25, 0.3) is 0 Å². The summed E-state index contributed by atoms with van der Waals surface area (Å²) in [7, 11) is 0. The fourth-order valence-corrected chi connectivity index (χ4v) is 3.46. The summed E-state index contributed by atoms with van der Waals surface area (Å²) in [6.07, 6.45) is 0.777. The summed E-state index contributed by atoms with van der Waals surface area (Å²) in [4.78, 5) is 7.13. The summed E-state index contributed by atoms with van der Waals surface area (Å²) >= 11 is 6.24. The first-order valence-electron chi connectivity index (χ1n) is 8.77. The molecule has 0 radical (unpaired) electrons. The highest BCUT2D eigenvalue weighted by molar-refractivity contribution is 6.31. The molecule has 0 N–H and O–H groups in total. The normalized spacial score (nSPS) is 11.6. The summed E-state index contributed by atoms with van der Waals surface area (Å²) in [6.45, 7) is 6.37. The number of nitrogens with zero attached hydrogens (tertiary/aromatic N) is 5. The van der Waals surface area contributed by atoms with Crippen molar-refractivity contribution in [1.29, 1.82) is 0 Å². The van der Waals surface area contributed by atoms with Crippen molar-refractivity contribution in [3.63, 3.8) is 0 Å². The van der Waals surface area contributed by atoms with Crippen LogP contribution < -0.4 is 4.90 Å². The molecule has 4 rings (SSSR count). The van der Waals surface area contributed by atoms with Gasteiger partial charge in [0.2, 0.25) is 5.65 Å². The SMILES string of the molecule is CCc1nnc2c(N(c3ccccc3)C(C)C)nc3ccc(Cl)cc3n12. The molecule has 0 aliphatic carbocycles. The Morgan fingerprint density at radius 2 is 1.85 bits per heavy atom. The van der Waals surface area contributed by atoms with Gasteiger partial charge >= 0.3 is 0 Å². The molecule has 0 aliphatic heterocycles. The molecular formula is C20H20ClN5. The average molecular weight is 366 g/mol. The topological polar surface area (TPSA) is 46.3 Å². The summed E-state index contributed by atoms with van der Waals surface area (Å²) in [5.74, 6) is 1.70. The molecule has 0 saturated carbocycles. The lowest BCUT2D eigenvalue weighted by atomic mass is 10.2. The van der Waals surface area contributed by atoms with Crippen LogP contribution in [0.2, 0.25) is 5.02 Å². The largest absolute Gasteiger partial charge is 0.321 e. The number of para-hydroxylation sites is 1. The minimum atomic E-state index is 0.209. The molecule has 0 saturated heterocycles. The van der Waals surface area contributed by atoms with E-state index in [9.17, 15) is 0 Å². The van der Waals surface area contributed by atoms with E-state index in [2.05, 4.69) is 52.4 Å². The van der Waals surface area contributed by atoms with Gasteiger partial charge in [-0.05, 0) is 44.2 Å². The van der Waals surface area contributed by atoms with Gasteiger partial charge in [0.1, 0.15) is 5.82 Å². The van der Waals surface area contributed by atoms with E-state index in [1.807, 2.05) is 36.4 Å². The van der Waals surface area contributed by atoms with Gasteiger partial charge in [0.15, 0.2) is 5.82 Å². The van der Waals surface area contributed by atoms with Crippen LogP contribution in [0.1, 0.15) is 26.6 Å². The molecule has 0 fully saturated rings. The van der Waals surface area contributed by atoms with Crippen molar-refractivity contribution in [2.45, 2.75) is 33.2 Å². The maximum absolute atomic E-state index is 6.24. The smallest absolute Gasteiger partial charge is 0.204 e. The molecule has 132 valence electrons. The molecule has 2 aromatic carbocycles. The lowest BCUT2D eigenvalue weighted by Crippen LogP contribution is -2.27. The van der Waals surface area contributed by atoms with Gasteiger partial charge in [-0.15, -0.1) is 10.2 Å². The average Bonchev–Trinajstić information content (AvgIpc) is 3.07. The third kappa shape index (κ3) is 2.69. The summed E-state index contributed by atoms with van der Waals surface area (Å²) in [5.41, 5.74) is 3.61. The van der Waals surface area contributed by atoms with Crippen LogP contribution in [0.15, 0.2) is 48.5 Å². The number of hydrogen-bond donors (Lipinski definition) is 0. The first kappa shape index (κ1) is 16.8. The number of anilines is 2. The molecule has 0 unspecified atom stereocenters. The summed E-state index contributed by atoms with van der Waals surface area (Å²) < 4.78 is 2.07. The molecule has 0 bridgehead atoms. The van der Waals surface area contributed by atoms with E-state index in [-0.39, 0.29) is 6.04 Å². The van der Waals surface area contributed by atoms with E-state index in [4.69, 9.17) is 16.6 Å². The van der Waals surface area contributed by atoms with Crippen LogP contribution in [0.5, 0.6) is 0 Å². The van der Waals surface area contributed by atoms with E-state index in [1.54, 1.807) is 0 Å². The second-order valence-corrected chi connectivity index (χ2v) is 6.93. The Labute approximate surface area is 157 Å². The van der Waals surface area contributed by atoms with Crippen LogP contribution in [0.3, 0.4) is 0 Å². The van der Waals surface area contributed by atoms with Gasteiger partial charge in [-0.3, -0.25) is 4.40 Å². The third-order valence-electron chi connectivity index (χ3n) is 4.43. The highest BCUT2D eigenvalue weighted by atomic mass is 35.5. The molecule has 2 heterocycles. The number of fused-ring (bicyclic) bond motifs is 3. The van der Waals surface area contributed by atoms with Gasteiger partial charge in [-0.25, -0.2) is 4.98 Å². The quantitative estimate of drug-likeness (QED) is 0.508. The molecule has 0 atom stereocenters. The molecule has 0 spiro atoms. The van der Waals surface area contributed by atoms with Crippen molar-refractivity contribution >= 4 is 39.8 Å². The number of halogens is 1. The van der Waals surface area contributed by atoms with Crippen molar-refractivity contribution in [3.05, 3.63) is 59.4 Å². The van der Waals surface area contributed by atoms with Crippen molar-refractivity contribution < 1.29 is 0 Å². The molecule has 26 heavy (non-hydrogen) atoms. The summed E-state index contributed by atoms with van der Waals surface area (Å²) in [5, 5.41) is 9.53. The number of rotatable bonds is 4. The van der Waals surface area contributed by atoms with E-state index in [1.165, 1.54) is 0 Å².